The Bertz CT molecular complexity index is 787. The van der Waals surface area contributed by atoms with Crippen molar-refractivity contribution in [3.63, 3.8) is 0 Å². The molecule has 0 bridgehead atoms. The van der Waals surface area contributed by atoms with Gasteiger partial charge in [0.15, 0.2) is 0 Å². The molecule has 29 heavy (non-hydrogen) atoms. The maximum absolute atomic E-state index is 12.1. The lowest BCUT2D eigenvalue weighted by atomic mass is 10.1. The monoisotopic (exact) mass is 396 g/mol. The molecule has 3 rings (SSSR count). The first-order chi connectivity index (χ1) is 14.1. The highest BCUT2D eigenvalue weighted by molar-refractivity contribution is 5.94. The van der Waals surface area contributed by atoms with Gasteiger partial charge in [0.1, 0.15) is 11.9 Å². The van der Waals surface area contributed by atoms with Crippen molar-refractivity contribution >= 4 is 11.8 Å². The van der Waals surface area contributed by atoms with Gasteiger partial charge in [-0.05, 0) is 49.2 Å². The highest BCUT2D eigenvalue weighted by atomic mass is 16.5. The van der Waals surface area contributed by atoms with E-state index in [2.05, 4.69) is 26.6 Å². The standard InChI is InChI=1S/C22H28N4O3/c1-17(27)23-12-13-25-22(28)18-5-7-20(8-6-18)29-21-9-14-26(15-10-21)16-19-4-2-3-11-24-19/h2-8,11,21H,9-10,12-16H2,1H3,(H,23,27)(H,25,28). The van der Waals surface area contributed by atoms with Crippen LogP contribution in [0.25, 0.3) is 0 Å². The summed E-state index contributed by atoms with van der Waals surface area (Å²) >= 11 is 0. The first-order valence-electron chi connectivity index (χ1n) is 10.0. The normalized spacial score (nSPS) is 14.9. The van der Waals surface area contributed by atoms with E-state index in [1.807, 2.05) is 30.5 Å². The summed E-state index contributed by atoms with van der Waals surface area (Å²) in [6.07, 6.45) is 3.96. The van der Waals surface area contributed by atoms with Gasteiger partial charge in [0.05, 0.1) is 5.69 Å². The molecule has 2 amide bonds. The zero-order valence-corrected chi connectivity index (χ0v) is 16.8. The van der Waals surface area contributed by atoms with Crippen molar-refractivity contribution in [1.82, 2.24) is 20.5 Å². The summed E-state index contributed by atoms with van der Waals surface area (Å²) in [4.78, 5) is 29.7. The van der Waals surface area contributed by atoms with Crippen LogP contribution in [0.1, 0.15) is 35.8 Å². The van der Waals surface area contributed by atoms with E-state index >= 15 is 0 Å². The van der Waals surface area contributed by atoms with Crippen LogP contribution in [-0.4, -0.2) is 54.0 Å². The van der Waals surface area contributed by atoms with Crippen LogP contribution < -0.4 is 15.4 Å². The van der Waals surface area contributed by atoms with Gasteiger partial charge in [-0.15, -0.1) is 0 Å². The highest BCUT2D eigenvalue weighted by Crippen LogP contribution is 2.20. The van der Waals surface area contributed by atoms with E-state index in [0.29, 0.717) is 18.7 Å². The molecule has 7 nitrogen and oxygen atoms in total. The third-order valence-electron chi connectivity index (χ3n) is 4.85. The zero-order chi connectivity index (χ0) is 20.5. The molecule has 1 aliphatic rings. The molecular formula is C22H28N4O3. The Morgan fingerprint density at radius 1 is 1.07 bits per heavy atom. The number of likely N-dealkylation sites (tertiary alicyclic amines) is 1. The van der Waals surface area contributed by atoms with Gasteiger partial charge >= 0.3 is 0 Å². The predicted octanol–water partition coefficient (Wildman–Crippen LogP) is 1.99. The summed E-state index contributed by atoms with van der Waals surface area (Å²) in [7, 11) is 0. The fourth-order valence-electron chi connectivity index (χ4n) is 3.30. The maximum atomic E-state index is 12.1. The predicted molar refractivity (Wildman–Crippen MR) is 111 cm³/mol. The quantitative estimate of drug-likeness (QED) is 0.667. The second-order valence-electron chi connectivity index (χ2n) is 7.18. The van der Waals surface area contributed by atoms with E-state index in [-0.39, 0.29) is 17.9 Å². The first-order valence-corrected chi connectivity index (χ1v) is 10.0. The van der Waals surface area contributed by atoms with Gasteiger partial charge in [-0.1, -0.05) is 6.07 Å². The molecule has 1 aliphatic heterocycles. The average molecular weight is 396 g/mol. The lowest BCUT2D eigenvalue weighted by Crippen LogP contribution is -2.38. The zero-order valence-electron chi connectivity index (χ0n) is 16.8. The van der Waals surface area contributed by atoms with Gasteiger partial charge in [0.2, 0.25) is 5.91 Å². The summed E-state index contributed by atoms with van der Waals surface area (Å²) in [5.41, 5.74) is 1.67. The number of aromatic nitrogens is 1. The van der Waals surface area contributed by atoms with Crippen molar-refractivity contribution < 1.29 is 14.3 Å². The number of hydrogen-bond donors (Lipinski definition) is 2. The molecule has 0 aliphatic carbocycles. The molecular weight excluding hydrogens is 368 g/mol. The Balaban J connectivity index is 1.40. The molecule has 0 radical (unpaired) electrons. The number of ether oxygens (including phenoxy) is 1. The van der Waals surface area contributed by atoms with Crippen molar-refractivity contribution in [3.8, 4) is 5.75 Å². The topological polar surface area (TPSA) is 83.6 Å². The molecule has 7 heteroatoms. The molecule has 2 aromatic rings. The molecule has 0 unspecified atom stereocenters. The Morgan fingerprint density at radius 2 is 1.79 bits per heavy atom. The van der Waals surface area contributed by atoms with Crippen LogP contribution in [-0.2, 0) is 11.3 Å². The molecule has 154 valence electrons. The third kappa shape index (κ3) is 6.87. The molecule has 1 saturated heterocycles. The van der Waals surface area contributed by atoms with Gasteiger partial charge in [-0.25, -0.2) is 0 Å². The number of rotatable bonds is 8. The number of piperidine rings is 1. The van der Waals surface area contributed by atoms with E-state index < -0.39 is 0 Å². The summed E-state index contributed by atoms with van der Waals surface area (Å²) in [5, 5.41) is 5.42. The largest absolute Gasteiger partial charge is 0.490 e. The lowest BCUT2D eigenvalue weighted by Gasteiger charge is -2.31. The lowest BCUT2D eigenvalue weighted by molar-refractivity contribution is -0.118. The minimum absolute atomic E-state index is 0.108. The first kappa shape index (κ1) is 20.8. The molecule has 0 atom stereocenters. The van der Waals surface area contributed by atoms with Crippen molar-refractivity contribution in [2.24, 2.45) is 0 Å². The van der Waals surface area contributed by atoms with E-state index in [1.54, 1.807) is 12.1 Å². The van der Waals surface area contributed by atoms with Gasteiger partial charge in [0, 0.05) is 51.4 Å². The van der Waals surface area contributed by atoms with E-state index in [4.69, 9.17) is 4.74 Å². The van der Waals surface area contributed by atoms with Crippen LogP contribution >= 0.6 is 0 Å². The van der Waals surface area contributed by atoms with Crippen molar-refractivity contribution in [2.45, 2.75) is 32.4 Å². The van der Waals surface area contributed by atoms with E-state index in [0.717, 1.165) is 43.9 Å². The minimum Gasteiger partial charge on any atom is -0.490 e. The van der Waals surface area contributed by atoms with Gasteiger partial charge < -0.3 is 15.4 Å². The van der Waals surface area contributed by atoms with Gasteiger partial charge in [0.25, 0.3) is 5.91 Å². The number of amides is 2. The Labute approximate surface area is 171 Å². The van der Waals surface area contributed by atoms with Crippen molar-refractivity contribution in [1.29, 1.82) is 0 Å². The number of carbonyl (C=O) groups excluding carboxylic acids is 2. The number of benzene rings is 1. The number of carbonyl (C=O) groups is 2. The Morgan fingerprint density at radius 3 is 2.45 bits per heavy atom. The highest BCUT2D eigenvalue weighted by Gasteiger charge is 2.21. The fraction of sp³-hybridized carbons (Fsp3) is 0.409. The van der Waals surface area contributed by atoms with Crippen LogP contribution in [0.2, 0.25) is 0 Å². The summed E-state index contributed by atoms with van der Waals surface area (Å²) in [5.74, 6) is 0.510. The second-order valence-corrected chi connectivity index (χ2v) is 7.18. The summed E-state index contributed by atoms with van der Waals surface area (Å²) in [6.45, 7) is 5.10. The molecule has 0 spiro atoms. The summed E-state index contributed by atoms with van der Waals surface area (Å²) < 4.78 is 6.09. The van der Waals surface area contributed by atoms with Crippen LogP contribution in [0.4, 0.5) is 0 Å². The van der Waals surface area contributed by atoms with Crippen LogP contribution in [0, 0.1) is 0 Å². The average Bonchev–Trinajstić information content (AvgIpc) is 2.74. The van der Waals surface area contributed by atoms with E-state index in [1.165, 1.54) is 6.92 Å². The maximum Gasteiger partial charge on any atom is 0.251 e. The number of hydrogen-bond acceptors (Lipinski definition) is 5. The minimum atomic E-state index is -0.162. The van der Waals surface area contributed by atoms with Crippen molar-refractivity contribution in [2.75, 3.05) is 26.2 Å². The molecule has 1 aromatic heterocycles. The van der Waals surface area contributed by atoms with Gasteiger partial charge in [-0.2, -0.15) is 0 Å². The van der Waals surface area contributed by atoms with Crippen LogP contribution in [0.3, 0.4) is 0 Å². The molecule has 2 N–H and O–H groups in total. The Hall–Kier alpha value is -2.93. The Kier molecular flexibility index (Phi) is 7.58. The van der Waals surface area contributed by atoms with E-state index in [9.17, 15) is 9.59 Å². The number of pyridine rings is 1. The SMILES string of the molecule is CC(=O)NCCNC(=O)c1ccc(OC2CCN(Cc3ccccn3)CC2)cc1. The number of nitrogens with zero attached hydrogens (tertiary/aromatic N) is 2. The van der Waals surface area contributed by atoms with Crippen LogP contribution in [0.5, 0.6) is 5.75 Å². The molecule has 1 aromatic carbocycles. The number of nitrogens with one attached hydrogen (secondary N) is 2. The van der Waals surface area contributed by atoms with Crippen LogP contribution in [0.15, 0.2) is 48.7 Å². The molecule has 2 heterocycles. The summed E-state index contributed by atoms with van der Waals surface area (Å²) in [6, 6.07) is 13.2. The van der Waals surface area contributed by atoms with Crippen molar-refractivity contribution in [3.05, 3.63) is 59.9 Å². The molecule has 1 fully saturated rings. The smallest absolute Gasteiger partial charge is 0.251 e. The second kappa shape index (κ2) is 10.6. The third-order valence-corrected chi connectivity index (χ3v) is 4.85. The fourth-order valence-corrected chi connectivity index (χ4v) is 3.30. The van der Waals surface area contributed by atoms with Gasteiger partial charge in [-0.3, -0.25) is 19.5 Å². The molecule has 0 saturated carbocycles.